The van der Waals surface area contributed by atoms with E-state index in [1.807, 2.05) is 35.0 Å². The zero-order chi connectivity index (χ0) is 12.5. The summed E-state index contributed by atoms with van der Waals surface area (Å²) in [5.41, 5.74) is 2.02. The Morgan fingerprint density at radius 1 is 1.28 bits per heavy atom. The Hall–Kier alpha value is -1.88. The first-order chi connectivity index (χ1) is 8.80. The van der Waals surface area contributed by atoms with Crippen LogP contribution in [-0.4, -0.2) is 21.7 Å². The SMILES string of the molecule is CCc1nn2cc(-c3ccc(OC)cc3)nc2s1. The summed E-state index contributed by atoms with van der Waals surface area (Å²) in [4.78, 5) is 5.53. The highest BCUT2D eigenvalue weighted by molar-refractivity contribution is 7.16. The van der Waals surface area contributed by atoms with Crippen molar-refractivity contribution in [1.29, 1.82) is 0 Å². The molecule has 1 aromatic carbocycles. The standard InChI is InChI=1S/C13H13N3OS/c1-3-12-15-16-8-11(14-13(16)18-12)9-4-6-10(17-2)7-5-9/h4-8H,3H2,1-2H3. The lowest BCUT2D eigenvalue weighted by Gasteiger charge is -2.00. The first kappa shape index (κ1) is 11.2. The maximum Gasteiger partial charge on any atom is 0.212 e. The van der Waals surface area contributed by atoms with E-state index in [1.54, 1.807) is 18.4 Å². The van der Waals surface area contributed by atoms with Gasteiger partial charge in [-0.05, 0) is 30.7 Å². The smallest absolute Gasteiger partial charge is 0.212 e. The second kappa shape index (κ2) is 4.42. The van der Waals surface area contributed by atoms with Crippen molar-refractivity contribution in [3.05, 3.63) is 35.5 Å². The van der Waals surface area contributed by atoms with Crippen LogP contribution in [0.1, 0.15) is 11.9 Å². The van der Waals surface area contributed by atoms with Gasteiger partial charge in [0.05, 0.1) is 19.0 Å². The van der Waals surface area contributed by atoms with Crippen molar-refractivity contribution >= 4 is 16.3 Å². The predicted octanol–water partition coefficient (Wildman–Crippen LogP) is 3.03. The molecule has 0 spiro atoms. The van der Waals surface area contributed by atoms with E-state index in [0.717, 1.165) is 33.4 Å². The molecule has 18 heavy (non-hydrogen) atoms. The van der Waals surface area contributed by atoms with Crippen molar-refractivity contribution in [2.45, 2.75) is 13.3 Å². The Labute approximate surface area is 109 Å². The van der Waals surface area contributed by atoms with Crippen LogP contribution in [0, 0.1) is 0 Å². The molecule has 3 rings (SSSR count). The molecule has 0 aliphatic rings. The predicted molar refractivity (Wildman–Crippen MR) is 72.2 cm³/mol. The molecule has 2 heterocycles. The maximum absolute atomic E-state index is 5.14. The monoisotopic (exact) mass is 259 g/mol. The molecule has 0 aliphatic heterocycles. The molecular formula is C13H13N3OS. The van der Waals surface area contributed by atoms with E-state index in [2.05, 4.69) is 17.0 Å². The van der Waals surface area contributed by atoms with Crippen molar-refractivity contribution in [3.8, 4) is 17.0 Å². The van der Waals surface area contributed by atoms with Crippen molar-refractivity contribution in [2.24, 2.45) is 0 Å². The van der Waals surface area contributed by atoms with E-state index in [9.17, 15) is 0 Å². The molecule has 0 bridgehead atoms. The van der Waals surface area contributed by atoms with E-state index >= 15 is 0 Å². The van der Waals surface area contributed by atoms with Gasteiger partial charge in [0, 0.05) is 5.56 Å². The Kier molecular flexibility index (Phi) is 2.76. The average Bonchev–Trinajstić information content (AvgIpc) is 2.96. The second-order valence-corrected chi connectivity index (χ2v) is 4.97. The summed E-state index contributed by atoms with van der Waals surface area (Å²) in [5, 5.41) is 5.57. The number of hydrogen-bond donors (Lipinski definition) is 0. The fourth-order valence-corrected chi connectivity index (χ4v) is 2.60. The van der Waals surface area contributed by atoms with E-state index in [-0.39, 0.29) is 0 Å². The third-order valence-corrected chi connectivity index (χ3v) is 3.84. The summed E-state index contributed by atoms with van der Waals surface area (Å²) < 4.78 is 6.99. The van der Waals surface area contributed by atoms with Crippen molar-refractivity contribution < 1.29 is 4.74 Å². The van der Waals surface area contributed by atoms with Crippen LogP contribution in [0.4, 0.5) is 0 Å². The van der Waals surface area contributed by atoms with Gasteiger partial charge in [-0.2, -0.15) is 5.10 Å². The van der Waals surface area contributed by atoms with E-state index in [0.29, 0.717) is 0 Å². The van der Waals surface area contributed by atoms with Gasteiger partial charge in [-0.15, -0.1) is 0 Å². The van der Waals surface area contributed by atoms with Gasteiger partial charge in [0.1, 0.15) is 10.8 Å². The number of benzene rings is 1. The van der Waals surface area contributed by atoms with E-state index in [1.165, 1.54) is 0 Å². The second-order valence-electron chi connectivity index (χ2n) is 3.93. The van der Waals surface area contributed by atoms with Gasteiger partial charge in [0.25, 0.3) is 0 Å². The summed E-state index contributed by atoms with van der Waals surface area (Å²) in [6.07, 6.45) is 2.92. The third kappa shape index (κ3) is 1.86. The molecule has 0 saturated carbocycles. The average molecular weight is 259 g/mol. The molecule has 0 fully saturated rings. The van der Waals surface area contributed by atoms with Gasteiger partial charge in [-0.25, -0.2) is 9.50 Å². The van der Waals surface area contributed by atoms with Crippen molar-refractivity contribution in [3.63, 3.8) is 0 Å². The summed E-state index contributed by atoms with van der Waals surface area (Å²) in [7, 11) is 1.66. The normalized spacial score (nSPS) is 11.0. The molecule has 5 heteroatoms. The highest BCUT2D eigenvalue weighted by atomic mass is 32.1. The largest absolute Gasteiger partial charge is 0.497 e. The lowest BCUT2D eigenvalue weighted by atomic mass is 10.2. The third-order valence-electron chi connectivity index (χ3n) is 2.77. The quantitative estimate of drug-likeness (QED) is 0.725. The minimum absolute atomic E-state index is 0.853. The van der Waals surface area contributed by atoms with E-state index < -0.39 is 0 Å². The molecule has 0 N–H and O–H groups in total. The van der Waals surface area contributed by atoms with Gasteiger partial charge in [-0.1, -0.05) is 18.3 Å². The van der Waals surface area contributed by atoms with Crippen LogP contribution < -0.4 is 4.74 Å². The van der Waals surface area contributed by atoms with E-state index in [4.69, 9.17) is 4.74 Å². The number of nitrogens with zero attached hydrogens (tertiary/aromatic N) is 3. The highest BCUT2D eigenvalue weighted by Gasteiger charge is 2.08. The number of imidazole rings is 1. The summed E-state index contributed by atoms with van der Waals surface area (Å²) >= 11 is 1.64. The van der Waals surface area contributed by atoms with Crippen LogP contribution in [0.3, 0.4) is 0 Å². The molecule has 3 aromatic rings. The Bertz CT molecular complexity index is 638. The Balaban J connectivity index is 1.99. The molecule has 0 amide bonds. The molecule has 0 aliphatic carbocycles. The molecule has 0 saturated heterocycles. The summed E-state index contributed by atoms with van der Waals surface area (Å²) in [6.45, 7) is 2.10. The van der Waals surface area contributed by atoms with Gasteiger partial charge in [-0.3, -0.25) is 0 Å². The van der Waals surface area contributed by atoms with Crippen LogP contribution in [0.2, 0.25) is 0 Å². The molecule has 0 radical (unpaired) electrons. The van der Waals surface area contributed by atoms with Crippen LogP contribution in [0.25, 0.3) is 16.2 Å². The number of fused-ring (bicyclic) bond motifs is 1. The van der Waals surface area contributed by atoms with Crippen molar-refractivity contribution in [2.75, 3.05) is 7.11 Å². The number of aryl methyl sites for hydroxylation is 1. The first-order valence-electron chi connectivity index (χ1n) is 5.79. The minimum Gasteiger partial charge on any atom is -0.497 e. The fourth-order valence-electron chi connectivity index (χ4n) is 1.79. The lowest BCUT2D eigenvalue weighted by Crippen LogP contribution is -1.84. The van der Waals surface area contributed by atoms with Crippen LogP contribution in [0.5, 0.6) is 5.75 Å². The van der Waals surface area contributed by atoms with Gasteiger partial charge < -0.3 is 4.74 Å². The zero-order valence-corrected chi connectivity index (χ0v) is 11.1. The number of hydrogen-bond acceptors (Lipinski definition) is 4. The molecule has 2 aromatic heterocycles. The Morgan fingerprint density at radius 2 is 2.06 bits per heavy atom. The van der Waals surface area contributed by atoms with Crippen molar-refractivity contribution in [1.82, 2.24) is 14.6 Å². The minimum atomic E-state index is 0.853. The molecule has 0 unspecified atom stereocenters. The topological polar surface area (TPSA) is 39.4 Å². The van der Waals surface area contributed by atoms with Gasteiger partial charge >= 0.3 is 0 Å². The number of aromatic nitrogens is 3. The van der Waals surface area contributed by atoms with Gasteiger partial charge in [0.15, 0.2) is 0 Å². The Morgan fingerprint density at radius 3 is 2.67 bits per heavy atom. The zero-order valence-electron chi connectivity index (χ0n) is 10.3. The molecular weight excluding hydrogens is 246 g/mol. The maximum atomic E-state index is 5.14. The molecule has 4 nitrogen and oxygen atoms in total. The first-order valence-corrected chi connectivity index (χ1v) is 6.61. The molecule has 0 atom stereocenters. The molecule has 92 valence electrons. The number of ether oxygens (including phenoxy) is 1. The lowest BCUT2D eigenvalue weighted by molar-refractivity contribution is 0.415. The van der Waals surface area contributed by atoms with Crippen LogP contribution >= 0.6 is 11.3 Å². The summed E-state index contributed by atoms with van der Waals surface area (Å²) in [5.74, 6) is 0.853. The van der Waals surface area contributed by atoms with Gasteiger partial charge in [0.2, 0.25) is 4.96 Å². The summed E-state index contributed by atoms with van der Waals surface area (Å²) in [6, 6.07) is 7.89. The van der Waals surface area contributed by atoms with Crippen LogP contribution in [0.15, 0.2) is 30.5 Å². The highest BCUT2D eigenvalue weighted by Crippen LogP contribution is 2.24. The van der Waals surface area contributed by atoms with Crippen LogP contribution in [-0.2, 0) is 6.42 Å². The fraction of sp³-hybridized carbons (Fsp3) is 0.231. The number of methoxy groups -OCH3 is 1. The number of rotatable bonds is 3.